The largest absolute Gasteiger partial charge is 0.488 e. The molecule has 1 aliphatic heterocycles. The standard InChI is InChI=1S/C39H46N4O7/c1-23(2)17-30-35(44)42-32(37(46)48-6)20-26-21-40-34-27(26)13-10-14-28(34)29-18-25(15-16-33(29)49-22-24-11-8-7-9-12-24)19-31(36(45)41-30)43-38(47)50-39(3,4)5/h7-16,18,21,23,30-32,40H,17,19-20,22H2,1-6H3,(H,41,45)(H,42,44)(H,43,47)/t30-,31-,32-/m0/s1. The van der Waals surface area contributed by atoms with Crippen molar-refractivity contribution in [3.63, 3.8) is 0 Å². The van der Waals surface area contributed by atoms with E-state index in [0.29, 0.717) is 18.8 Å². The summed E-state index contributed by atoms with van der Waals surface area (Å²) in [6, 6.07) is 18.3. The average molecular weight is 683 g/mol. The Bertz CT molecular complexity index is 1840. The number of carbonyl (C=O) groups is 4. The van der Waals surface area contributed by atoms with Gasteiger partial charge >= 0.3 is 12.1 Å². The smallest absolute Gasteiger partial charge is 0.408 e. The van der Waals surface area contributed by atoms with Crippen LogP contribution in [0.5, 0.6) is 5.75 Å². The first kappa shape index (κ1) is 36.0. The first-order valence-electron chi connectivity index (χ1n) is 16.9. The van der Waals surface area contributed by atoms with Crippen molar-refractivity contribution >= 4 is 34.8 Å². The Morgan fingerprint density at radius 1 is 0.920 bits per heavy atom. The molecule has 2 heterocycles. The van der Waals surface area contributed by atoms with E-state index < -0.39 is 47.6 Å². The molecular weight excluding hydrogens is 636 g/mol. The van der Waals surface area contributed by atoms with E-state index in [2.05, 4.69) is 20.9 Å². The Hall–Kier alpha value is -5.32. The second-order valence-electron chi connectivity index (χ2n) is 14.0. The van der Waals surface area contributed by atoms with Crippen molar-refractivity contribution in [1.82, 2.24) is 20.9 Å². The maximum absolute atomic E-state index is 14.0. The molecule has 11 heteroatoms. The summed E-state index contributed by atoms with van der Waals surface area (Å²) in [5, 5.41) is 9.27. The fourth-order valence-corrected chi connectivity index (χ4v) is 6.08. The molecule has 0 aliphatic carbocycles. The lowest BCUT2D eigenvalue weighted by molar-refractivity contribution is -0.145. The van der Waals surface area contributed by atoms with Gasteiger partial charge in [-0.2, -0.15) is 0 Å². The summed E-state index contributed by atoms with van der Waals surface area (Å²) in [6.07, 6.45) is 1.58. The highest BCUT2D eigenvalue weighted by molar-refractivity contribution is 5.98. The minimum atomic E-state index is -1.10. The van der Waals surface area contributed by atoms with E-state index >= 15 is 0 Å². The SMILES string of the molecule is COC(=O)[C@@H]1Cc2c[nH]c3c(cccc23)-c2cc(ccc2OCc2ccccc2)C[C@H](NC(=O)OC(C)(C)C)C(=O)N[C@@H](CC(C)C)C(=O)N1. The maximum atomic E-state index is 14.0. The first-order valence-corrected chi connectivity index (χ1v) is 16.9. The number of aromatic nitrogens is 1. The van der Waals surface area contributed by atoms with Gasteiger partial charge in [0.1, 0.15) is 36.1 Å². The van der Waals surface area contributed by atoms with Crippen LogP contribution in [0.25, 0.3) is 22.0 Å². The van der Waals surface area contributed by atoms with Crippen molar-refractivity contribution in [3.8, 4) is 16.9 Å². The third kappa shape index (κ3) is 9.02. The molecule has 50 heavy (non-hydrogen) atoms. The summed E-state index contributed by atoms with van der Waals surface area (Å²) in [5.74, 6) is -1.08. The van der Waals surface area contributed by atoms with Crippen molar-refractivity contribution in [1.29, 1.82) is 0 Å². The lowest BCUT2D eigenvalue weighted by atomic mass is 9.95. The summed E-state index contributed by atoms with van der Waals surface area (Å²) < 4.78 is 17.0. The predicted molar refractivity (Wildman–Crippen MR) is 190 cm³/mol. The predicted octanol–water partition coefficient (Wildman–Crippen LogP) is 5.59. The number of alkyl carbamates (subject to hydrolysis) is 1. The van der Waals surface area contributed by atoms with Gasteiger partial charge in [0.2, 0.25) is 11.8 Å². The topological polar surface area (TPSA) is 148 Å². The van der Waals surface area contributed by atoms with Gasteiger partial charge in [0.05, 0.1) is 12.6 Å². The van der Waals surface area contributed by atoms with Gasteiger partial charge in [-0.15, -0.1) is 0 Å². The Labute approximate surface area is 292 Å². The summed E-state index contributed by atoms with van der Waals surface area (Å²) in [5.41, 5.74) is 4.17. The van der Waals surface area contributed by atoms with Gasteiger partial charge in [-0.05, 0) is 61.9 Å². The molecule has 3 amide bonds. The van der Waals surface area contributed by atoms with Crippen LogP contribution < -0.4 is 20.7 Å². The highest BCUT2D eigenvalue weighted by Gasteiger charge is 2.32. The normalized spacial score (nSPS) is 18.3. The first-order chi connectivity index (χ1) is 23.8. The summed E-state index contributed by atoms with van der Waals surface area (Å²) in [7, 11) is 1.27. The van der Waals surface area contributed by atoms with Crippen molar-refractivity contribution in [2.75, 3.05) is 7.11 Å². The van der Waals surface area contributed by atoms with Crippen LogP contribution in [0.4, 0.5) is 4.79 Å². The number of fused-ring (bicyclic) bond motifs is 3. The summed E-state index contributed by atoms with van der Waals surface area (Å²) >= 11 is 0. The molecule has 5 rings (SSSR count). The number of hydrogen-bond donors (Lipinski definition) is 4. The molecule has 0 spiro atoms. The van der Waals surface area contributed by atoms with Gasteiger partial charge in [0.25, 0.3) is 0 Å². The van der Waals surface area contributed by atoms with Crippen molar-refractivity contribution in [3.05, 3.63) is 89.6 Å². The van der Waals surface area contributed by atoms with Gasteiger partial charge in [-0.1, -0.05) is 68.4 Å². The van der Waals surface area contributed by atoms with Gasteiger partial charge < -0.3 is 35.1 Å². The minimum Gasteiger partial charge on any atom is -0.488 e. The van der Waals surface area contributed by atoms with Gasteiger partial charge in [-0.3, -0.25) is 9.59 Å². The van der Waals surface area contributed by atoms with Crippen LogP contribution in [0.3, 0.4) is 0 Å². The van der Waals surface area contributed by atoms with Crippen LogP contribution in [0.1, 0.15) is 57.7 Å². The van der Waals surface area contributed by atoms with E-state index in [1.54, 1.807) is 20.8 Å². The zero-order chi connectivity index (χ0) is 36.0. The van der Waals surface area contributed by atoms with Crippen LogP contribution >= 0.6 is 0 Å². The molecular formula is C39H46N4O7. The summed E-state index contributed by atoms with van der Waals surface area (Å²) in [4.78, 5) is 57.2. The van der Waals surface area contributed by atoms with Crippen molar-refractivity contribution < 1.29 is 33.4 Å². The zero-order valence-electron chi connectivity index (χ0n) is 29.4. The monoisotopic (exact) mass is 682 g/mol. The van der Waals surface area contributed by atoms with E-state index in [1.807, 2.05) is 86.8 Å². The molecule has 11 nitrogen and oxygen atoms in total. The molecule has 4 N–H and O–H groups in total. The van der Waals surface area contributed by atoms with Crippen LogP contribution in [0.15, 0.2) is 72.9 Å². The second kappa shape index (κ2) is 15.5. The number of amides is 3. The lowest BCUT2D eigenvalue weighted by Crippen LogP contribution is -2.57. The average Bonchev–Trinajstić information content (AvgIpc) is 3.48. The molecule has 3 aromatic carbocycles. The summed E-state index contributed by atoms with van der Waals surface area (Å²) in [6.45, 7) is 9.40. The van der Waals surface area contributed by atoms with E-state index in [4.69, 9.17) is 14.2 Å². The molecule has 4 aromatic rings. The van der Waals surface area contributed by atoms with Crippen molar-refractivity contribution in [2.45, 2.75) is 84.2 Å². The van der Waals surface area contributed by atoms with Crippen molar-refractivity contribution in [2.24, 2.45) is 5.92 Å². The molecule has 3 atom stereocenters. The van der Waals surface area contributed by atoms with E-state index in [1.165, 1.54) is 7.11 Å². The van der Waals surface area contributed by atoms with Crippen LogP contribution in [0.2, 0.25) is 0 Å². The third-order valence-corrected chi connectivity index (χ3v) is 8.39. The highest BCUT2D eigenvalue weighted by Crippen LogP contribution is 2.37. The van der Waals surface area contributed by atoms with E-state index in [-0.39, 0.29) is 18.8 Å². The number of H-pyrrole nitrogens is 1. The van der Waals surface area contributed by atoms with Gasteiger partial charge in [-0.25, -0.2) is 9.59 Å². The molecule has 1 aromatic heterocycles. The molecule has 0 unspecified atom stereocenters. The number of methoxy groups -OCH3 is 1. The Morgan fingerprint density at radius 3 is 2.38 bits per heavy atom. The molecule has 0 fully saturated rings. The molecule has 1 aliphatic rings. The molecule has 264 valence electrons. The number of aromatic amines is 1. The third-order valence-electron chi connectivity index (χ3n) is 8.39. The fourth-order valence-electron chi connectivity index (χ4n) is 6.08. The Kier molecular flexibility index (Phi) is 11.1. The number of rotatable bonds is 7. The van der Waals surface area contributed by atoms with Crippen LogP contribution in [0, 0.1) is 5.92 Å². The zero-order valence-corrected chi connectivity index (χ0v) is 29.4. The van der Waals surface area contributed by atoms with Gasteiger partial charge in [0.15, 0.2) is 0 Å². The van der Waals surface area contributed by atoms with Crippen LogP contribution in [-0.2, 0) is 43.3 Å². The van der Waals surface area contributed by atoms with E-state index in [9.17, 15) is 19.2 Å². The quantitative estimate of drug-likeness (QED) is 0.186. The fraction of sp³-hybridized carbons (Fsp3) is 0.385. The van der Waals surface area contributed by atoms with Gasteiger partial charge in [0, 0.05) is 35.6 Å². The number of esters is 1. The number of benzene rings is 3. The number of ether oxygens (including phenoxy) is 3. The number of carbonyl (C=O) groups excluding carboxylic acids is 4. The molecule has 0 saturated heterocycles. The number of para-hydroxylation sites is 1. The Balaban J connectivity index is 1.64. The number of hydrogen-bond acceptors (Lipinski definition) is 7. The molecule has 0 saturated carbocycles. The Morgan fingerprint density at radius 2 is 1.68 bits per heavy atom. The number of nitrogens with one attached hydrogen (secondary N) is 4. The minimum absolute atomic E-state index is 0.0171. The maximum Gasteiger partial charge on any atom is 0.408 e. The molecule has 0 radical (unpaired) electrons. The molecule has 6 bridgehead atoms. The second-order valence-corrected chi connectivity index (χ2v) is 14.0. The van der Waals surface area contributed by atoms with E-state index in [0.717, 1.165) is 38.7 Å². The highest BCUT2D eigenvalue weighted by atomic mass is 16.6. The lowest BCUT2D eigenvalue weighted by Gasteiger charge is -2.27. The van der Waals surface area contributed by atoms with Crippen LogP contribution in [-0.4, -0.2) is 59.7 Å².